The van der Waals surface area contributed by atoms with E-state index in [4.69, 9.17) is 9.47 Å². The molecule has 0 radical (unpaired) electrons. The van der Waals surface area contributed by atoms with Crippen molar-refractivity contribution in [2.75, 3.05) is 18.5 Å². The lowest BCUT2D eigenvalue weighted by Crippen LogP contribution is -2.16. The van der Waals surface area contributed by atoms with E-state index < -0.39 is 5.97 Å². The van der Waals surface area contributed by atoms with Crippen LogP contribution in [0.1, 0.15) is 40.7 Å². The van der Waals surface area contributed by atoms with Gasteiger partial charge in [-0.2, -0.15) is 0 Å². The Labute approximate surface area is 157 Å². The summed E-state index contributed by atoms with van der Waals surface area (Å²) in [5, 5.41) is 2.75. The Morgan fingerprint density at radius 3 is 2.70 bits per heavy atom. The largest absolute Gasteiger partial charge is 0.493 e. The highest BCUT2D eigenvalue weighted by molar-refractivity contribution is 6.05. The van der Waals surface area contributed by atoms with Gasteiger partial charge in [0.1, 0.15) is 5.75 Å². The smallest absolute Gasteiger partial charge is 0.309 e. The normalized spacial score (nSPS) is 15.0. The number of anilines is 1. The maximum absolute atomic E-state index is 12.3. The molecule has 6 heteroatoms. The van der Waals surface area contributed by atoms with E-state index in [0.29, 0.717) is 5.56 Å². The molecule has 0 spiro atoms. The lowest BCUT2D eigenvalue weighted by atomic mass is 9.99. The molecule has 1 N–H and O–H groups in total. The Kier molecular flexibility index (Phi) is 5.54. The van der Waals surface area contributed by atoms with Gasteiger partial charge in [0.05, 0.1) is 18.9 Å². The van der Waals surface area contributed by atoms with E-state index in [2.05, 4.69) is 5.32 Å². The van der Waals surface area contributed by atoms with Gasteiger partial charge in [0, 0.05) is 11.3 Å². The third kappa shape index (κ3) is 4.34. The Hall–Kier alpha value is -3.15. The predicted octanol–water partition coefficient (Wildman–Crippen LogP) is 3.25. The molecule has 0 aliphatic carbocycles. The summed E-state index contributed by atoms with van der Waals surface area (Å²) in [5.41, 5.74) is 2.90. The van der Waals surface area contributed by atoms with Crippen LogP contribution in [-0.4, -0.2) is 30.9 Å². The number of fused-ring (bicyclic) bond motifs is 1. The van der Waals surface area contributed by atoms with Crippen LogP contribution < -0.4 is 10.1 Å². The van der Waals surface area contributed by atoms with Crippen molar-refractivity contribution in [1.82, 2.24) is 0 Å². The molecular weight excluding hydrogens is 346 g/mol. The summed E-state index contributed by atoms with van der Waals surface area (Å²) in [5.74, 6) is -0.471. The van der Waals surface area contributed by atoms with E-state index in [1.807, 2.05) is 31.2 Å². The molecule has 0 saturated heterocycles. The van der Waals surface area contributed by atoms with Gasteiger partial charge in [0.15, 0.2) is 12.4 Å². The molecule has 140 valence electrons. The Morgan fingerprint density at radius 2 is 1.93 bits per heavy atom. The van der Waals surface area contributed by atoms with E-state index in [0.717, 1.165) is 22.6 Å². The number of rotatable bonds is 7. The van der Waals surface area contributed by atoms with Gasteiger partial charge < -0.3 is 14.8 Å². The average molecular weight is 367 g/mol. The minimum atomic E-state index is -0.497. The molecule has 1 heterocycles. The second-order valence-electron chi connectivity index (χ2n) is 6.46. The number of benzene rings is 2. The number of Topliss-reactive ketones (excluding diaryl/α,β-unsaturated/α-hetero) is 1. The number of hydrogen-bond donors (Lipinski definition) is 1. The highest BCUT2D eigenvalue weighted by Gasteiger charge is 2.27. The number of esters is 1. The van der Waals surface area contributed by atoms with Crippen LogP contribution in [-0.2, 0) is 14.3 Å². The van der Waals surface area contributed by atoms with E-state index in [9.17, 15) is 14.4 Å². The topological polar surface area (TPSA) is 81.7 Å². The first-order valence-electron chi connectivity index (χ1n) is 8.78. The quantitative estimate of drug-likeness (QED) is 0.600. The molecule has 0 aromatic heterocycles. The molecule has 0 saturated carbocycles. The summed E-state index contributed by atoms with van der Waals surface area (Å²) in [6.45, 7) is 3.55. The van der Waals surface area contributed by atoms with Crippen molar-refractivity contribution in [2.45, 2.75) is 26.2 Å². The number of amides is 1. The van der Waals surface area contributed by atoms with Crippen LogP contribution in [0.5, 0.6) is 5.75 Å². The molecule has 2 aromatic rings. The summed E-state index contributed by atoms with van der Waals surface area (Å²) in [6.07, 6.45) is 0.0568. The summed E-state index contributed by atoms with van der Waals surface area (Å²) >= 11 is 0. The van der Waals surface area contributed by atoms with Crippen LogP contribution in [0.4, 0.5) is 5.69 Å². The van der Waals surface area contributed by atoms with Crippen LogP contribution in [0.2, 0.25) is 0 Å². The number of ether oxygens (including phenoxy) is 2. The molecule has 6 nitrogen and oxygen atoms in total. The van der Waals surface area contributed by atoms with Gasteiger partial charge in [-0.3, -0.25) is 14.4 Å². The second-order valence-corrected chi connectivity index (χ2v) is 6.46. The van der Waals surface area contributed by atoms with Crippen LogP contribution in [0.3, 0.4) is 0 Å². The Morgan fingerprint density at radius 1 is 1.15 bits per heavy atom. The fourth-order valence-electron chi connectivity index (χ4n) is 2.85. The average Bonchev–Trinajstić information content (AvgIpc) is 2.95. The number of aryl methyl sites for hydroxylation is 1. The van der Waals surface area contributed by atoms with Crippen molar-refractivity contribution >= 4 is 23.3 Å². The highest BCUT2D eigenvalue weighted by Crippen LogP contribution is 2.32. The maximum atomic E-state index is 12.3. The molecule has 2 aromatic carbocycles. The number of carbonyl (C=O) groups is 3. The molecule has 0 unspecified atom stereocenters. The molecule has 1 aliphatic rings. The zero-order valence-corrected chi connectivity index (χ0v) is 15.3. The minimum absolute atomic E-state index is 0.0568. The third-order valence-corrected chi connectivity index (χ3v) is 4.51. The van der Waals surface area contributed by atoms with Crippen molar-refractivity contribution in [3.05, 3.63) is 59.2 Å². The minimum Gasteiger partial charge on any atom is -0.493 e. The van der Waals surface area contributed by atoms with Crippen LogP contribution in [0, 0.1) is 6.92 Å². The molecule has 1 amide bonds. The number of nitrogens with one attached hydrogen (secondary N) is 1. The van der Waals surface area contributed by atoms with Crippen LogP contribution in [0.25, 0.3) is 0 Å². The number of para-hydroxylation sites is 1. The van der Waals surface area contributed by atoms with Gasteiger partial charge >= 0.3 is 5.97 Å². The van der Waals surface area contributed by atoms with Crippen LogP contribution >= 0.6 is 0 Å². The molecule has 0 bridgehead atoms. The molecule has 1 atom stereocenters. The van der Waals surface area contributed by atoms with E-state index in [-0.39, 0.29) is 37.2 Å². The van der Waals surface area contributed by atoms with Gasteiger partial charge in [-0.05, 0) is 49.2 Å². The molecular formula is C21H21NO5. The van der Waals surface area contributed by atoms with Crippen molar-refractivity contribution in [3.63, 3.8) is 0 Å². The van der Waals surface area contributed by atoms with Crippen molar-refractivity contribution in [2.24, 2.45) is 0 Å². The lowest BCUT2D eigenvalue weighted by Gasteiger charge is -2.09. The fraction of sp³-hybridized carbons (Fsp3) is 0.286. The number of hydrogen-bond acceptors (Lipinski definition) is 5. The first-order chi connectivity index (χ1) is 13.0. The maximum Gasteiger partial charge on any atom is 0.309 e. The van der Waals surface area contributed by atoms with Crippen molar-refractivity contribution in [1.29, 1.82) is 0 Å². The predicted molar refractivity (Wildman–Crippen MR) is 100 cm³/mol. The van der Waals surface area contributed by atoms with Crippen LogP contribution in [0.15, 0.2) is 42.5 Å². The Bertz CT molecular complexity index is 890. The summed E-state index contributed by atoms with van der Waals surface area (Å²) < 4.78 is 10.6. The van der Waals surface area contributed by atoms with Gasteiger partial charge in [0.2, 0.25) is 5.91 Å². The SMILES string of the molecule is Cc1ccccc1OCCC(=O)OCC(=O)c1ccc2c(c1)[C@@H](C)C(=O)N2. The van der Waals surface area contributed by atoms with Gasteiger partial charge in [-0.1, -0.05) is 18.2 Å². The standard InChI is InChI=1S/C21H21NO5/c1-13-5-3-4-6-19(13)26-10-9-20(24)27-12-18(23)15-7-8-17-16(11-15)14(2)21(25)22-17/h3-8,11,14H,9-10,12H2,1-2H3,(H,22,25)/t14-/m1/s1. The Balaban J connectivity index is 1.47. The summed E-state index contributed by atoms with van der Waals surface area (Å²) in [7, 11) is 0. The molecule has 1 aliphatic heterocycles. The fourth-order valence-corrected chi connectivity index (χ4v) is 2.85. The van der Waals surface area contributed by atoms with Gasteiger partial charge in [0.25, 0.3) is 0 Å². The monoisotopic (exact) mass is 367 g/mol. The number of carbonyl (C=O) groups excluding carboxylic acids is 3. The summed E-state index contributed by atoms with van der Waals surface area (Å²) in [4.78, 5) is 35.8. The number of ketones is 1. The highest BCUT2D eigenvalue weighted by atomic mass is 16.5. The first-order valence-corrected chi connectivity index (χ1v) is 8.78. The lowest BCUT2D eigenvalue weighted by molar-refractivity contribution is -0.143. The second kappa shape index (κ2) is 8.03. The van der Waals surface area contributed by atoms with Gasteiger partial charge in [-0.15, -0.1) is 0 Å². The van der Waals surface area contributed by atoms with E-state index >= 15 is 0 Å². The van der Waals surface area contributed by atoms with Crippen molar-refractivity contribution in [3.8, 4) is 5.75 Å². The zero-order valence-electron chi connectivity index (χ0n) is 15.3. The van der Waals surface area contributed by atoms with E-state index in [1.54, 1.807) is 25.1 Å². The van der Waals surface area contributed by atoms with E-state index in [1.165, 1.54) is 0 Å². The zero-order chi connectivity index (χ0) is 19.4. The molecule has 27 heavy (non-hydrogen) atoms. The van der Waals surface area contributed by atoms with Gasteiger partial charge in [-0.25, -0.2) is 0 Å². The van der Waals surface area contributed by atoms with Crippen molar-refractivity contribution < 1.29 is 23.9 Å². The first kappa shape index (κ1) is 18.6. The molecule has 3 rings (SSSR count). The molecule has 0 fully saturated rings. The third-order valence-electron chi connectivity index (χ3n) is 4.51. The summed E-state index contributed by atoms with van der Waals surface area (Å²) in [6, 6.07) is 12.5.